The van der Waals surface area contributed by atoms with Gasteiger partial charge < -0.3 is 15.0 Å². The fourth-order valence-corrected chi connectivity index (χ4v) is 2.37. The number of amides is 1. The van der Waals surface area contributed by atoms with Crippen LogP contribution in [0.2, 0.25) is 0 Å². The third-order valence-electron chi connectivity index (χ3n) is 3.23. The minimum absolute atomic E-state index is 0.0304. The Morgan fingerprint density at radius 3 is 3.00 bits per heavy atom. The molecule has 2 heterocycles. The Morgan fingerprint density at radius 2 is 2.24 bits per heavy atom. The first-order chi connectivity index (χ1) is 8.24. The molecule has 1 aromatic heterocycles. The molecular formula is C13H14N2O2. The van der Waals surface area contributed by atoms with Gasteiger partial charge >= 0.3 is 0 Å². The van der Waals surface area contributed by atoms with E-state index in [2.05, 4.69) is 4.98 Å². The lowest BCUT2D eigenvalue weighted by molar-refractivity contribution is -0.128. The number of rotatable bonds is 2. The number of aromatic amines is 1. The van der Waals surface area contributed by atoms with Crippen LogP contribution < -0.4 is 0 Å². The van der Waals surface area contributed by atoms with Crippen molar-refractivity contribution in [1.82, 2.24) is 9.88 Å². The van der Waals surface area contributed by atoms with Crippen molar-refractivity contribution in [1.29, 1.82) is 0 Å². The summed E-state index contributed by atoms with van der Waals surface area (Å²) in [6.45, 7) is 1.01. The van der Waals surface area contributed by atoms with Gasteiger partial charge in [-0.1, -0.05) is 18.2 Å². The minimum atomic E-state index is -0.507. The van der Waals surface area contributed by atoms with Crippen molar-refractivity contribution in [2.75, 3.05) is 6.54 Å². The molecule has 1 aliphatic rings. The molecule has 0 spiro atoms. The molecule has 1 fully saturated rings. The average Bonchev–Trinajstić information content (AvgIpc) is 2.85. The normalized spacial score (nSPS) is 20.4. The molecule has 2 N–H and O–H groups in total. The highest BCUT2D eigenvalue weighted by atomic mass is 16.3. The van der Waals surface area contributed by atoms with Gasteiger partial charge in [-0.15, -0.1) is 0 Å². The van der Waals surface area contributed by atoms with Crippen molar-refractivity contribution in [3.05, 3.63) is 36.0 Å². The van der Waals surface area contributed by atoms with Crippen molar-refractivity contribution in [2.24, 2.45) is 0 Å². The van der Waals surface area contributed by atoms with Gasteiger partial charge in [-0.25, -0.2) is 0 Å². The molecule has 2 aromatic rings. The van der Waals surface area contributed by atoms with E-state index in [9.17, 15) is 9.90 Å². The Balaban J connectivity index is 1.88. The van der Waals surface area contributed by atoms with Crippen molar-refractivity contribution in [3.8, 4) is 0 Å². The van der Waals surface area contributed by atoms with Crippen molar-refractivity contribution >= 4 is 16.8 Å². The number of para-hydroxylation sites is 1. The average molecular weight is 230 g/mol. The molecule has 1 atom stereocenters. The fourth-order valence-electron chi connectivity index (χ4n) is 2.37. The van der Waals surface area contributed by atoms with Crippen molar-refractivity contribution in [3.63, 3.8) is 0 Å². The number of benzene rings is 1. The van der Waals surface area contributed by atoms with Gasteiger partial charge in [0.2, 0.25) is 5.91 Å². The molecule has 88 valence electrons. The molecule has 1 aliphatic heterocycles. The molecule has 1 saturated heterocycles. The summed E-state index contributed by atoms with van der Waals surface area (Å²) in [5.41, 5.74) is 2.18. The summed E-state index contributed by atoms with van der Waals surface area (Å²) in [7, 11) is 0. The first kappa shape index (κ1) is 10.4. The number of fused-ring (bicyclic) bond motifs is 1. The lowest BCUT2D eigenvalue weighted by atomic mass is 10.1. The van der Waals surface area contributed by atoms with Gasteiger partial charge in [-0.3, -0.25) is 4.79 Å². The van der Waals surface area contributed by atoms with Gasteiger partial charge in [0.25, 0.3) is 0 Å². The van der Waals surface area contributed by atoms with E-state index in [1.807, 2.05) is 30.5 Å². The van der Waals surface area contributed by atoms with Crippen LogP contribution in [0.4, 0.5) is 0 Å². The number of likely N-dealkylation sites (tertiary alicyclic amines) is 1. The highest BCUT2D eigenvalue weighted by molar-refractivity contribution is 5.84. The van der Waals surface area contributed by atoms with Crippen LogP contribution in [0.3, 0.4) is 0 Å². The Kier molecular flexibility index (Phi) is 2.37. The molecule has 0 aliphatic carbocycles. The van der Waals surface area contributed by atoms with E-state index in [-0.39, 0.29) is 12.3 Å². The van der Waals surface area contributed by atoms with E-state index in [1.54, 1.807) is 4.90 Å². The van der Waals surface area contributed by atoms with E-state index in [4.69, 9.17) is 0 Å². The van der Waals surface area contributed by atoms with Crippen LogP contribution in [-0.2, 0) is 11.3 Å². The Hall–Kier alpha value is -1.81. The molecular weight excluding hydrogens is 216 g/mol. The molecule has 4 nitrogen and oxygen atoms in total. The predicted molar refractivity (Wildman–Crippen MR) is 64.3 cm³/mol. The van der Waals surface area contributed by atoms with Gasteiger partial charge in [-0.2, -0.15) is 0 Å². The maximum Gasteiger partial charge on any atom is 0.225 e. The molecule has 3 rings (SSSR count). The quantitative estimate of drug-likeness (QED) is 0.816. The van der Waals surface area contributed by atoms with Crippen LogP contribution in [0.5, 0.6) is 0 Å². The Labute approximate surface area is 98.9 Å². The van der Waals surface area contributed by atoms with Crippen LogP contribution in [-0.4, -0.2) is 33.5 Å². The summed E-state index contributed by atoms with van der Waals surface area (Å²) < 4.78 is 0. The predicted octanol–water partition coefficient (Wildman–Crippen LogP) is 1.26. The third-order valence-corrected chi connectivity index (χ3v) is 3.23. The maximum atomic E-state index is 11.6. The summed E-state index contributed by atoms with van der Waals surface area (Å²) in [6.07, 6.45) is 1.68. The Bertz CT molecular complexity index is 561. The van der Waals surface area contributed by atoms with Crippen LogP contribution in [0, 0.1) is 0 Å². The summed E-state index contributed by atoms with van der Waals surface area (Å²) >= 11 is 0. The summed E-state index contributed by atoms with van der Waals surface area (Å²) in [4.78, 5) is 16.5. The van der Waals surface area contributed by atoms with E-state index in [1.165, 1.54) is 0 Å². The molecule has 1 aromatic carbocycles. The number of hydrogen-bond donors (Lipinski definition) is 2. The Morgan fingerprint density at radius 1 is 1.41 bits per heavy atom. The molecule has 1 unspecified atom stereocenters. The second kappa shape index (κ2) is 3.89. The zero-order valence-corrected chi connectivity index (χ0v) is 9.39. The zero-order valence-electron chi connectivity index (χ0n) is 9.39. The molecule has 0 radical (unpaired) electrons. The smallest absolute Gasteiger partial charge is 0.225 e. The minimum Gasteiger partial charge on any atom is -0.391 e. The number of nitrogens with zero attached hydrogens (tertiary/aromatic N) is 1. The van der Waals surface area contributed by atoms with Gasteiger partial charge in [0.15, 0.2) is 0 Å². The summed E-state index contributed by atoms with van der Waals surface area (Å²) in [5.74, 6) is 0.0304. The van der Waals surface area contributed by atoms with Crippen molar-refractivity contribution in [2.45, 2.75) is 19.1 Å². The molecule has 4 heteroatoms. The molecule has 17 heavy (non-hydrogen) atoms. The summed E-state index contributed by atoms with van der Waals surface area (Å²) in [6, 6.07) is 8.02. The lowest BCUT2D eigenvalue weighted by Crippen LogP contribution is -2.25. The van der Waals surface area contributed by atoms with Crippen LogP contribution >= 0.6 is 0 Å². The number of carbonyl (C=O) groups is 1. The van der Waals surface area contributed by atoms with E-state index in [0.29, 0.717) is 13.1 Å². The number of hydrogen-bond acceptors (Lipinski definition) is 2. The first-order valence-electron chi connectivity index (χ1n) is 5.75. The van der Waals surface area contributed by atoms with Gasteiger partial charge in [0.05, 0.1) is 12.5 Å². The first-order valence-corrected chi connectivity index (χ1v) is 5.75. The second-order valence-corrected chi connectivity index (χ2v) is 4.49. The largest absolute Gasteiger partial charge is 0.391 e. The number of nitrogens with one attached hydrogen (secondary N) is 1. The van der Waals surface area contributed by atoms with Gasteiger partial charge in [0.1, 0.15) is 0 Å². The van der Waals surface area contributed by atoms with Crippen LogP contribution in [0.1, 0.15) is 12.0 Å². The van der Waals surface area contributed by atoms with Gasteiger partial charge in [-0.05, 0) is 11.6 Å². The third kappa shape index (κ3) is 1.80. The van der Waals surface area contributed by atoms with E-state index in [0.717, 1.165) is 16.5 Å². The second-order valence-electron chi connectivity index (χ2n) is 4.49. The number of aliphatic hydroxyl groups is 1. The number of H-pyrrole nitrogens is 1. The SMILES string of the molecule is O=C1CC(O)CN1Cc1c[nH]c2ccccc12. The highest BCUT2D eigenvalue weighted by Gasteiger charge is 2.28. The monoisotopic (exact) mass is 230 g/mol. The van der Waals surface area contributed by atoms with Crippen LogP contribution in [0.15, 0.2) is 30.5 Å². The standard InChI is InChI=1S/C13H14N2O2/c16-10-5-13(17)15(8-10)7-9-6-14-12-4-2-1-3-11(9)12/h1-4,6,10,14,16H,5,7-8H2. The number of β-amino-alcohol motifs (C(OH)–C–C–N with tert-alkyl or cyclic N) is 1. The number of carbonyl (C=O) groups excluding carboxylic acids is 1. The molecule has 0 bridgehead atoms. The molecule has 0 saturated carbocycles. The number of aromatic nitrogens is 1. The van der Waals surface area contributed by atoms with Gasteiger partial charge in [0, 0.05) is 30.2 Å². The zero-order chi connectivity index (χ0) is 11.8. The fraction of sp³-hybridized carbons (Fsp3) is 0.308. The maximum absolute atomic E-state index is 11.6. The topological polar surface area (TPSA) is 56.3 Å². The van der Waals surface area contributed by atoms with E-state index >= 15 is 0 Å². The molecule has 1 amide bonds. The lowest BCUT2D eigenvalue weighted by Gasteiger charge is -2.14. The van der Waals surface area contributed by atoms with Crippen molar-refractivity contribution < 1.29 is 9.90 Å². The summed E-state index contributed by atoms with van der Waals surface area (Å²) in [5, 5.41) is 10.6. The number of aliphatic hydroxyl groups excluding tert-OH is 1. The highest BCUT2D eigenvalue weighted by Crippen LogP contribution is 2.21. The van der Waals surface area contributed by atoms with E-state index < -0.39 is 6.10 Å². The van der Waals surface area contributed by atoms with Crippen LogP contribution in [0.25, 0.3) is 10.9 Å².